The minimum atomic E-state index is -0.568. The lowest BCUT2D eigenvalue weighted by Crippen LogP contribution is -2.32. The first-order valence-electron chi connectivity index (χ1n) is 19.7. The molecule has 0 radical (unpaired) electrons. The summed E-state index contributed by atoms with van der Waals surface area (Å²) in [5.74, 6) is 1.87. The number of hydrogen-bond donors (Lipinski definition) is 0. The number of para-hydroxylation sites is 1. The van der Waals surface area contributed by atoms with E-state index < -0.39 is 5.41 Å². The summed E-state index contributed by atoms with van der Waals surface area (Å²) in [6.07, 6.45) is 0. The maximum atomic E-state index is 7.14. The van der Waals surface area contributed by atoms with Crippen LogP contribution in [0.2, 0.25) is 0 Å². The maximum Gasteiger partial charge on any atom is 0.140 e. The van der Waals surface area contributed by atoms with Crippen LogP contribution in [0.15, 0.2) is 212 Å². The second-order valence-corrected chi connectivity index (χ2v) is 15.2. The van der Waals surface area contributed by atoms with Gasteiger partial charge in [-0.1, -0.05) is 176 Å². The zero-order valence-corrected chi connectivity index (χ0v) is 31.1. The lowest BCUT2D eigenvalue weighted by molar-refractivity contribution is 0.447. The van der Waals surface area contributed by atoms with Crippen molar-refractivity contribution in [2.45, 2.75) is 5.41 Å². The quantitative estimate of drug-likeness (QED) is 0.179. The van der Waals surface area contributed by atoms with E-state index in [2.05, 4.69) is 217 Å². The van der Waals surface area contributed by atoms with Crippen LogP contribution in [0.1, 0.15) is 22.3 Å². The van der Waals surface area contributed by atoms with Gasteiger partial charge in [-0.3, -0.25) is 0 Å². The van der Waals surface area contributed by atoms with Gasteiger partial charge in [0, 0.05) is 38.7 Å². The number of rotatable bonds is 4. The molecule has 0 N–H and O–H groups in total. The van der Waals surface area contributed by atoms with Crippen LogP contribution in [-0.2, 0) is 5.41 Å². The zero-order valence-electron chi connectivity index (χ0n) is 31.1. The summed E-state index contributed by atoms with van der Waals surface area (Å²) in [7, 11) is 0. The number of benzene rings is 10. The fourth-order valence-electron chi connectivity index (χ4n) is 9.82. The molecule has 0 saturated heterocycles. The van der Waals surface area contributed by atoms with E-state index >= 15 is 0 Å². The van der Waals surface area contributed by atoms with Crippen molar-refractivity contribution in [3.05, 3.63) is 235 Å². The van der Waals surface area contributed by atoms with Gasteiger partial charge in [0.2, 0.25) is 0 Å². The van der Waals surface area contributed by atoms with E-state index in [0.29, 0.717) is 0 Å². The van der Waals surface area contributed by atoms with Crippen molar-refractivity contribution in [3.8, 4) is 33.8 Å². The van der Waals surface area contributed by atoms with Crippen LogP contribution < -0.4 is 9.64 Å². The molecule has 0 fully saturated rings. The largest absolute Gasteiger partial charge is 0.455 e. The van der Waals surface area contributed by atoms with Gasteiger partial charge < -0.3 is 9.64 Å². The van der Waals surface area contributed by atoms with Crippen molar-refractivity contribution in [2.24, 2.45) is 0 Å². The highest BCUT2D eigenvalue weighted by Crippen LogP contribution is 2.64. The molecule has 2 heteroatoms. The number of ether oxygens (including phenoxy) is 1. The average molecular weight is 726 g/mol. The number of fused-ring (bicyclic) bond motifs is 14. The molecule has 1 heterocycles. The van der Waals surface area contributed by atoms with Crippen LogP contribution in [-0.4, -0.2) is 0 Å². The Balaban J connectivity index is 1.08. The molecule has 57 heavy (non-hydrogen) atoms. The number of hydrogen-bond acceptors (Lipinski definition) is 2. The molecule has 0 aromatic heterocycles. The topological polar surface area (TPSA) is 12.5 Å². The fraction of sp³-hybridized carbons (Fsp3) is 0.0182. The van der Waals surface area contributed by atoms with E-state index in [-0.39, 0.29) is 0 Å². The summed E-state index contributed by atoms with van der Waals surface area (Å²) >= 11 is 0. The van der Waals surface area contributed by atoms with Gasteiger partial charge >= 0.3 is 0 Å². The Hall–Kier alpha value is -7.42. The predicted molar refractivity (Wildman–Crippen MR) is 236 cm³/mol. The standard InChI is InChI=1S/C55H35NO/c1-2-19-41(20-3-1)56(52-27-13-17-36-14-4-7-22-43(36)52)42-21-12-18-39(34-42)40-30-31-49-47(35-40)46-25-10-11-26-48(46)55(49)50-32-28-37-15-5-8-23-44(37)53(50)57-54-45-24-9-6-16-38(45)29-33-51(54)55/h1-35H. The number of anilines is 3. The molecular weight excluding hydrogens is 691 g/mol. The van der Waals surface area contributed by atoms with Crippen molar-refractivity contribution in [2.75, 3.05) is 4.90 Å². The molecule has 10 aromatic carbocycles. The Labute approximate surface area is 331 Å². The molecule has 10 aromatic rings. The molecule has 2 aliphatic rings. The van der Waals surface area contributed by atoms with Crippen molar-refractivity contribution in [1.29, 1.82) is 0 Å². The Morgan fingerprint density at radius 1 is 0.333 bits per heavy atom. The van der Waals surface area contributed by atoms with Crippen LogP contribution in [0.5, 0.6) is 11.5 Å². The molecule has 1 aliphatic carbocycles. The minimum absolute atomic E-state index is 0.568. The molecular formula is C55H35NO. The maximum absolute atomic E-state index is 7.14. The molecule has 0 amide bonds. The van der Waals surface area contributed by atoms with Crippen LogP contribution >= 0.6 is 0 Å². The van der Waals surface area contributed by atoms with E-state index in [1.165, 1.54) is 66.1 Å². The predicted octanol–water partition coefficient (Wildman–Crippen LogP) is 14.8. The first-order valence-corrected chi connectivity index (χ1v) is 19.7. The molecule has 0 unspecified atom stereocenters. The van der Waals surface area contributed by atoms with Gasteiger partial charge in [0.05, 0.1) is 11.1 Å². The minimum Gasteiger partial charge on any atom is -0.455 e. The molecule has 1 spiro atoms. The Bertz CT molecular complexity index is 3140. The molecule has 0 saturated carbocycles. The molecule has 1 aliphatic heterocycles. The third-order valence-corrected chi connectivity index (χ3v) is 12.3. The lowest BCUT2D eigenvalue weighted by Gasteiger charge is -2.40. The molecule has 0 bridgehead atoms. The van der Waals surface area contributed by atoms with Crippen LogP contribution in [0.25, 0.3) is 54.6 Å². The zero-order chi connectivity index (χ0) is 37.5. The Kier molecular flexibility index (Phi) is 6.88. The highest BCUT2D eigenvalue weighted by molar-refractivity contribution is 6.01. The third kappa shape index (κ3) is 4.59. The second kappa shape index (κ2) is 12.3. The van der Waals surface area contributed by atoms with Crippen LogP contribution in [0.3, 0.4) is 0 Å². The summed E-state index contributed by atoms with van der Waals surface area (Å²) in [5.41, 5.74) is 12.6. The van der Waals surface area contributed by atoms with Crippen molar-refractivity contribution in [1.82, 2.24) is 0 Å². The molecule has 2 nitrogen and oxygen atoms in total. The summed E-state index contributed by atoms with van der Waals surface area (Å²) in [4.78, 5) is 2.38. The third-order valence-electron chi connectivity index (χ3n) is 12.3. The first kappa shape index (κ1) is 31.9. The Morgan fingerprint density at radius 2 is 0.860 bits per heavy atom. The van der Waals surface area contributed by atoms with Crippen LogP contribution in [0, 0.1) is 0 Å². The van der Waals surface area contributed by atoms with Gasteiger partial charge in [-0.25, -0.2) is 0 Å². The van der Waals surface area contributed by atoms with Gasteiger partial charge in [-0.05, 0) is 85.9 Å². The van der Waals surface area contributed by atoms with Gasteiger partial charge in [-0.2, -0.15) is 0 Å². The van der Waals surface area contributed by atoms with E-state index in [4.69, 9.17) is 4.74 Å². The van der Waals surface area contributed by atoms with Gasteiger partial charge in [0.15, 0.2) is 0 Å². The van der Waals surface area contributed by atoms with Crippen molar-refractivity contribution < 1.29 is 4.74 Å². The summed E-state index contributed by atoms with van der Waals surface area (Å²) < 4.78 is 7.14. The Morgan fingerprint density at radius 3 is 1.60 bits per heavy atom. The van der Waals surface area contributed by atoms with E-state index in [0.717, 1.165) is 39.3 Å². The highest BCUT2D eigenvalue weighted by atomic mass is 16.5. The summed E-state index contributed by atoms with van der Waals surface area (Å²) in [6.45, 7) is 0. The normalized spacial score (nSPS) is 13.2. The lowest BCUT2D eigenvalue weighted by atomic mass is 9.65. The summed E-state index contributed by atoms with van der Waals surface area (Å²) in [6, 6.07) is 77.4. The van der Waals surface area contributed by atoms with E-state index in [1.807, 2.05) is 0 Å². The van der Waals surface area contributed by atoms with Gasteiger partial charge in [0.25, 0.3) is 0 Å². The van der Waals surface area contributed by atoms with Crippen molar-refractivity contribution >= 4 is 49.4 Å². The highest BCUT2D eigenvalue weighted by Gasteiger charge is 2.51. The second-order valence-electron chi connectivity index (χ2n) is 15.2. The smallest absolute Gasteiger partial charge is 0.140 e. The number of nitrogens with zero attached hydrogens (tertiary/aromatic N) is 1. The molecule has 0 atom stereocenters. The average Bonchev–Trinajstić information content (AvgIpc) is 3.57. The first-order chi connectivity index (χ1) is 28.3. The SMILES string of the molecule is c1ccc(N(c2cccc(-c3ccc4c(c3)-c3ccccc3C43c4ccc5ccccc5c4Oc4c3ccc3ccccc43)c2)c2cccc3ccccc23)cc1. The van der Waals surface area contributed by atoms with Crippen molar-refractivity contribution in [3.63, 3.8) is 0 Å². The fourth-order valence-corrected chi connectivity index (χ4v) is 9.82. The summed E-state index contributed by atoms with van der Waals surface area (Å²) in [5, 5.41) is 7.03. The molecule has 12 rings (SSSR count). The van der Waals surface area contributed by atoms with Gasteiger partial charge in [0.1, 0.15) is 11.5 Å². The molecule has 266 valence electrons. The van der Waals surface area contributed by atoms with E-state index in [9.17, 15) is 0 Å². The van der Waals surface area contributed by atoms with Gasteiger partial charge in [-0.15, -0.1) is 0 Å². The van der Waals surface area contributed by atoms with E-state index in [1.54, 1.807) is 0 Å². The van der Waals surface area contributed by atoms with Crippen LogP contribution in [0.4, 0.5) is 17.1 Å². The monoisotopic (exact) mass is 725 g/mol.